The maximum atomic E-state index is 9.50. The molecule has 4 rings (SSSR count). The molecule has 1 saturated heterocycles. The molecule has 0 saturated carbocycles. The van der Waals surface area contributed by atoms with Crippen LogP contribution in [0.2, 0.25) is 0 Å². The first kappa shape index (κ1) is 15.7. The molecule has 1 N–H and O–H groups in total. The standard InChI is InChI=1S/C21H24O3/c1-14-9-19(24-18-7-8-23-13-18)11-17-4-2-3-16-6-5-15(12-22)10-20(16)21(14)17/h5-6,9-11,18,22H,2-4,7-8,12-13H2,1H3/t18-/m1/s1. The number of hydrogen-bond acceptors (Lipinski definition) is 3. The van der Waals surface area contributed by atoms with Crippen LogP contribution in [0.1, 0.15) is 35.1 Å². The van der Waals surface area contributed by atoms with E-state index >= 15 is 0 Å². The Morgan fingerprint density at radius 2 is 2.04 bits per heavy atom. The number of benzene rings is 2. The van der Waals surface area contributed by atoms with Crippen LogP contribution in [0.25, 0.3) is 11.1 Å². The van der Waals surface area contributed by atoms with Crippen molar-refractivity contribution in [3.8, 4) is 16.9 Å². The highest BCUT2D eigenvalue weighted by Gasteiger charge is 2.21. The van der Waals surface area contributed by atoms with Crippen molar-refractivity contribution in [1.29, 1.82) is 0 Å². The molecule has 24 heavy (non-hydrogen) atoms. The number of ether oxygens (including phenoxy) is 2. The van der Waals surface area contributed by atoms with E-state index in [4.69, 9.17) is 9.47 Å². The number of fused-ring (bicyclic) bond motifs is 3. The lowest BCUT2D eigenvalue weighted by Gasteiger charge is -2.18. The molecule has 0 bridgehead atoms. The quantitative estimate of drug-likeness (QED) is 0.933. The van der Waals surface area contributed by atoms with E-state index in [-0.39, 0.29) is 12.7 Å². The summed E-state index contributed by atoms with van der Waals surface area (Å²) in [4.78, 5) is 0. The van der Waals surface area contributed by atoms with Gasteiger partial charge < -0.3 is 14.6 Å². The van der Waals surface area contributed by atoms with Crippen molar-refractivity contribution >= 4 is 0 Å². The molecule has 1 fully saturated rings. The smallest absolute Gasteiger partial charge is 0.124 e. The normalized spacial score (nSPS) is 19.5. The Balaban J connectivity index is 1.76. The van der Waals surface area contributed by atoms with E-state index in [0.29, 0.717) is 6.61 Å². The highest BCUT2D eigenvalue weighted by molar-refractivity contribution is 5.76. The summed E-state index contributed by atoms with van der Waals surface area (Å²) in [5.41, 5.74) is 7.57. The lowest BCUT2D eigenvalue weighted by Crippen LogP contribution is -2.16. The van der Waals surface area contributed by atoms with Gasteiger partial charge in [0, 0.05) is 6.42 Å². The minimum absolute atomic E-state index is 0.0878. The lowest BCUT2D eigenvalue weighted by molar-refractivity contribution is 0.141. The predicted octanol–water partition coefficient (Wildman–Crippen LogP) is 3.81. The molecule has 2 aliphatic rings. The summed E-state index contributed by atoms with van der Waals surface area (Å²) in [6.07, 6.45) is 4.45. The van der Waals surface area contributed by atoms with Crippen molar-refractivity contribution in [1.82, 2.24) is 0 Å². The van der Waals surface area contributed by atoms with Crippen LogP contribution in [0, 0.1) is 6.92 Å². The molecule has 0 unspecified atom stereocenters. The Labute approximate surface area is 143 Å². The third-order valence-electron chi connectivity index (χ3n) is 5.10. The fourth-order valence-electron chi connectivity index (χ4n) is 3.92. The van der Waals surface area contributed by atoms with Gasteiger partial charge in [0.2, 0.25) is 0 Å². The molecule has 126 valence electrons. The van der Waals surface area contributed by atoms with Crippen LogP contribution in [0.4, 0.5) is 0 Å². The Kier molecular flexibility index (Phi) is 4.30. The van der Waals surface area contributed by atoms with E-state index in [2.05, 4.69) is 31.2 Å². The third-order valence-corrected chi connectivity index (χ3v) is 5.10. The molecular formula is C21H24O3. The molecule has 2 aromatic carbocycles. The van der Waals surface area contributed by atoms with Crippen LogP contribution in [-0.2, 0) is 24.2 Å². The summed E-state index contributed by atoms with van der Waals surface area (Å²) in [6.45, 7) is 3.74. The first-order valence-corrected chi connectivity index (χ1v) is 8.85. The Morgan fingerprint density at radius 3 is 2.83 bits per heavy atom. The molecular weight excluding hydrogens is 300 g/mol. The summed E-state index contributed by atoms with van der Waals surface area (Å²) < 4.78 is 11.5. The Hall–Kier alpha value is -1.84. The second kappa shape index (κ2) is 6.58. The number of aryl methyl sites for hydroxylation is 3. The highest BCUT2D eigenvalue weighted by atomic mass is 16.5. The zero-order valence-electron chi connectivity index (χ0n) is 14.2. The molecule has 3 nitrogen and oxygen atoms in total. The Morgan fingerprint density at radius 1 is 1.17 bits per heavy atom. The third kappa shape index (κ3) is 2.94. The summed E-state index contributed by atoms with van der Waals surface area (Å²) in [7, 11) is 0. The minimum Gasteiger partial charge on any atom is -0.488 e. The zero-order valence-corrected chi connectivity index (χ0v) is 14.2. The van der Waals surface area contributed by atoms with Crippen LogP contribution in [-0.4, -0.2) is 24.4 Å². The van der Waals surface area contributed by atoms with Gasteiger partial charge in [0.05, 0.1) is 19.8 Å². The highest BCUT2D eigenvalue weighted by Crippen LogP contribution is 2.38. The van der Waals surface area contributed by atoms with E-state index in [0.717, 1.165) is 43.6 Å². The van der Waals surface area contributed by atoms with Crippen molar-refractivity contribution < 1.29 is 14.6 Å². The maximum absolute atomic E-state index is 9.50. The van der Waals surface area contributed by atoms with Crippen LogP contribution < -0.4 is 4.74 Å². The molecule has 0 aromatic heterocycles. The molecule has 1 aliphatic carbocycles. The van der Waals surface area contributed by atoms with Gasteiger partial charge in [-0.2, -0.15) is 0 Å². The molecule has 1 heterocycles. The first-order valence-electron chi connectivity index (χ1n) is 8.85. The zero-order chi connectivity index (χ0) is 16.5. The number of aliphatic hydroxyl groups excluding tert-OH is 1. The molecule has 0 radical (unpaired) electrons. The van der Waals surface area contributed by atoms with Crippen LogP contribution in [0.3, 0.4) is 0 Å². The van der Waals surface area contributed by atoms with Gasteiger partial charge in [-0.1, -0.05) is 12.1 Å². The van der Waals surface area contributed by atoms with Gasteiger partial charge in [-0.3, -0.25) is 0 Å². The van der Waals surface area contributed by atoms with E-state index in [1.165, 1.54) is 27.8 Å². The molecule has 2 aromatic rings. The van der Waals surface area contributed by atoms with Gasteiger partial charge in [0.15, 0.2) is 0 Å². The van der Waals surface area contributed by atoms with Gasteiger partial charge in [-0.15, -0.1) is 0 Å². The van der Waals surface area contributed by atoms with Crippen LogP contribution >= 0.6 is 0 Å². The first-order chi connectivity index (χ1) is 11.7. The van der Waals surface area contributed by atoms with E-state index < -0.39 is 0 Å². The van der Waals surface area contributed by atoms with E-state index in [1.807, 2.05) is 6.07 Å². The second-order valence-corrected chi connectivity index (χ2v) is 6.88. The SMILES string of the molecule is Cc1cc(O[C@@H]2CCOC2)cc2c1-c1cc(CO)ccc1CCC2. The molecule has 1 aliphatic heterocycles. The second-order valence-electron chi connectivity index (χ2n) is 6.88. The van der Waals surface area contributed by atoms with Gasteiger partial charge in [0.25, 0.3) is 0 Å². The molecule has 1 atom stereocenters. The largest absolute Gasteiger partial charge is 0.488 e. The van der Waals surface area contributed by atoms with Crippen molar-refractivity contribution in [2.75, 3.05) is 13.2 Å². The summed E-state index contributed by atoms with van der Waals surface area (Å²) in [5, 5.41) is 9.50. The molecule has 3 heteroatoms. The average Bonchev–Trinajstić information content (AvgIpc) is 3.01. The van der Waals surface area contributed by atoms with E-state index in [1.54, 1.807) is 0 Å². The topological polar surface area (TPSA) is 38.7 Å². The van der Waals surface area contributed by atoms with Crippen molar-refractivity contribution in [3.63, 3.8) is 0 Å². The summed E-state index contributed by atoms with van der Waals surface area (Å²) in [6, 6.07) is 10.7. The Bertz CT molecular complexity index is 745. The minimum atomic E-state index is 0.0878. The van der Waals surface area contributed by atoms with Gasteiger partial charge >= 0.3 is 0 Å². The van der Waals surface area contributed by atoms with Gasteiger partial charge in [0.1, 0.15) is 11.9 Å². The molecule has 0 amide bonds. The lowest BCUT2D eigenvalue weighted by atomic mass is 9.91. The monoisotopic (exact) mass is 324 g/mol. The van der Waals surface area contributed by atoms with E-state index in [9.17, 15) is 5.11 Å². The fourth-order valence-corrected chi connectivity index (χ4v) is 3.92. The van der Waals surface area contributed by atoms with Gasteiger partial charge in [-0.25, -0.2) is 0 Å². The van der Waals surface area contributed by atoms with Crippen LogP contribution in [0.5, 0.6) is 5.75 Å². The summed E-state index contributed by atoms with van der Waals surface area (Å²) >= 11 is 0. The number of rotatable bonds is 3. The van der Waals surface area contributed by atoms with Crippen molar-refractivity contribution in [2.24, 2.45) is 0 Å². The number of hydrogen-bond donors (Lipinski definition) is 1. The van der Waals surface area contributed by atoms with Gasteiger partial charge in [-0.05, 0) is 77.8 Å². The summed E-state index contributed by atoms with van der Waals surface area (Å²) in [5.74, 6) is 0.962. The number of aliphatic hydroxyl groups is 1. The average molecular weight is 324 g/mol. The predicted molar refractivity (Wildman–Crippen MR) is 94.4 cm³/mol. The van der Waals surface area contributed by atoms with Crippen molar-refractivity contribution in [3.05, 3.63) is 52.6 Å². The fraction of sp³-hybridized carbons (Fsp3) is 0.429. The van der Waals surface area contributed by atoms with Crippen molar-refractivity contribution in [2.45, 2.75) is 45.3 Å². The maximum Gasteiger partial charge on any atom is 0.124 e. The van der Waals surface area contributed by atoms with Crippen LogP contribution in [0.15, 0.2) is 30.3 Å². The molecule has 0 spiro atoms.